The predicted octanol–water partition coefficient (Wildman–Crippen LogP) is 25.2. The first-order chi connectivity index (χ1) is 62.5. The maximum absolute atomic E-state index is 2.75. The van der Waals surface area contributed by atoms with Gasteiger partial charge in [-0.3, -0.25) is 0 Å². The van der Waals surface area contributed by atoms with Crippen LogP contribution in [0.3, 0.4) is 0 Å². The summed E-state index contributed by atoms with van der Waals surface area (Å²) in [7, 11) is -5.41. The lowest BCUT2D eigenvalue weighted by atomic mass is 10.0. The molecule has 0 aliphatic carbocycles. The van der Waals surface area contributed by atoms with Crippen molar-refractivity contribution >= 4 is 145 Å². The molecule has 24 rings (SSSR count). The topological polar surface area (TPSA) is 19.7 Å². The number of benzene rings is 20. The van der Waals surface area contributed by atoms with E-state index in [4.69, 9.17) is 0 Å². The van der Waals surface area contributed by atoms with E-state index in [0.29, 0.717) is 0 Å². The summed E-state index contributed by atoms with van der Waals surface area (Å²) in [4.78, 5) is 0. The van der Waals surface area contributed by atoms with Crippen LogP contribution in [0.4, 0.5) is 0 Å². The maximum atomic E-state index is 2.48. The maximum Gasteiger partial charge on any atom is 0.179 e. The van der Waals surface area contributed by atoms with Crippen LogP contribution < -0.4 is 41.5 Å². The van der Waals surface area contributed by atoms with Crippen LogP contribution in [0.15, 0.2) is 510 Å². The van der Waals surface area contributed by atoms with E-state index >= 15 is 0 Å². The Bertz CT molecular complexity index is 7750. The molecule has 126 heavy (non-hydrogen) atoms. The quantitative estimate of drug-likeness (QED) is 0.0679. The minimum Gasteiger partial charge on any atom is -0.309 e. The highest BCUT2D eigenvalue weighted by Crippen LogP contribution is 2.43. The summed E-state index contributed by atoms with van der Waals surface area (Å²) in [6.45, 7) is 0. The SMILES string of the molecule is c1ccc(-c2ccc3c4ccc(-c5ccccc5)cc4n(-c4ccc5c(c4)c4ccccc4n5-c4ccc([Si](c5ccccc5)(c5ccccc5)c5ccccc5)cc4)c3c2)cc1.c1ccc(-c2ccc3c4ccc(-c5ccccc5)cc4n(-c4ccc5c(c4)c4ccccc4n5-c4cccc([Si](c5ccccc5)(c5ccccc5)c5ccccc5)c4)c3c2)cc1. The van der Waals surface area contributed by atoms with Crippen LogP contribution in [0.2, 0.25) is 0 Å². The van der Waals surface area contributed by atoms with Crippen molar-refractivity contribution in [1.29, 1.82) is 0 Å². The van der Waals surface area contributed by atoms with E-state index in [1.807, 2.05) is 0 Å². The number of nitrogens with zero attached hydrogens (tertiary/aromatic N) is 4. The first-order valence-electron chi connectivity index (χ1n) is 43.5. The molecule has 24 aromatic rings. The smallest absolute Gasteiger partial charge is 0.179 e. The minimum atomic E-state index is -2.75. The Balaban J connectivity index is 0.000000145. The van der Waals surface area contributed by atoms with Gasteiger partial charge in [-0.15, -0.1) is 0 Å². The van der Waals surface area contributed by atoms with E-state index in [9.17, 15) is 0 Å². The molecule has 0 fully saturated rings. The molecule has 0 saturated heterocycles. The monoisotopic (exact) mass is 1640 g/mol. The van der Waals surface area contributed by atoms with Crippen LogP contribution in [-0.4, -0.2) is 34.4 Å². The van der Waals surface area contributed by atoms with Gasteiger partial charge < -0.3 is 18.3 Å². The van der Waals surface area contributed by atoms with Gasteiger partial charge in [0.05, 0.1) is 44.1 Å². The average molecular weight is 1640 g/mol. The van der Waals surface area contributed by atoms with E-state index in [2.05, 4.69) is 528 Å². The molecule has 0 amide bonds. The first-order valence-corrected chi connectivity index (χ1v) is 47.5. The zero-order valence-corrected chi connectivity index (χ0v) is 71.3. The summed E-state index contributed by atoms with van der Waals surface area (Å²) in [5.41, 5.74) is 23.7. The van der Waals surface area contributed by atoms with Crippen molar-refractivity contribution in [2.24, 2.45) is 0 Å². The summed E-state index contributed by atoms with van der Waals surface area (Å²) in [6.07, 6.45) is 0. The predicted molar refractivity (Wildman–Crippen MR) is 539 cm³/mol. The van der Waals surface area contributed by atoms with Crippen molar-refractivity contribution in [3.05, 3.63) is 510 Å². The van der Waals surface area contributed by atoms with Gasteiger partial charge in [-0.2, -0.15) is 0 Å². The molecular formula is C120H84N4Si2. The normalized spacial score (nSPS) is 11.8. The molecule has 592 valence electrons. The van der Waals surface area contributed by atoms with Gasteiger partial charge in [0.1, 0.15) is 0 Å². The Morgan fingerprint density at radius 3 is 0.651 bits per heavy atom. The summed E-state index contributed by atoms with van der Waals surface area (Å²) < 4.78 is 9.88. The Morgan fingerprint density at radius 1 is 0.111 bits per heavy atom. The molecule has 0 aliphatic rings. The van der Waals surface area contributed by atoms with Crippen LogP contribution in [0.25, 0.3) is 154 Å². The van der Waals surface area contributed by atoms with E-state index in [-0.39, 0.29) is 0 Å². The van der Waals surface area contributed by atoms with Gasteiger partial charge in [0.25, 0.3) is 0 Å². The highest BCUT2D eigenvalue weighted by atomic mass is 28.3. The highest BCUT2D eigenvalue weighted by Gasteiger charge is 2.43. The van der Waals surface area contributed by atoms with Crippen LogP contribution in [-0.2, 0) is 0 Å². The number of para-hydroxylation sites is 2. The van der Waals surface area contributed by atoms with Crippen LogP contribution in [0, 0.1) is 0 Å². The van der Waals surface area contributed by atoms with Crippen molar-refractivity contribution in [2.45, 2.75) is 0 Å². The van der Waals surface area contributed by atoms with Crippen LogP contribution in [0.5, 0.6) is 0 Å². The molecule has 0 radical (unpaired) electrons. The molecule has 20 aromatic carbocycles. The third-order valence-corrected chi connectivity index (χ3v) is 35.7. The summed E-state index contributed by atoms with van der Waals surface area (Å²) in [5.74, 6) is 0. The molecule has 0 unspecified atom stereocenters. The molecule has 0 spiro atoms. The average Bonchev–Trinajstić information content (AvgIpc) is 1.41. The lowest BCUT2D eigenvalue weighted by molar-refractivity contribution is 1.17. The number of aromatic nitrogens is 4. The molecule has 0 saturated carbocycles. The first kappa shape index (κ1) is 75.0. The fourth-order valence-electron chi connectivity index (χ4n) is 20.5. The molecule has 0 aliphatic heterocycles. The molecule has 4 heterocycles. The largest absolute Gasteiger partial charge is 0.309 e. The van der Waals surface area contributed by atoms with E-state index in [1.165, 1.54) is 173 Å². The Labute approximate surface area is 734 Å². The number of rotatable bonds is 16. The number of hydrogen-bond acceptors (Lipinski definition) is 0. The van der Waals surface area contributed by atoms with Gasteiger partial charge >= 0.3 is 0 Å². The second-order valence-electron chi connectivity index (χ2n) is 33.0. The number of hydrogen-bond donors (Lipinski definition) is 0. The molecule has 6 heteroatoms. The summed E-state index contributed by atoms with van der Waals surface area (Å²) >= 11 is 0. The van der Waals surface area contributed by atoms with Crippen LogP contribution in [0.1, 0.15) is 0 Å². The highest BCUT2D eigenvalue weighted by molar-refractivity contribution is 7.20. The fraction of sp³-hybridized carbons (Fsp3) is 0. The zero-order chi connectivity index (χ0) is 83.5. The van der Waals surface area contributed by atoms with Gasteiger partial charge in [-0.1, -0.05) is 413 Å². The van der Waals surface area contributed by atoms with Gasteiger partial charge in [-0.25, -0.2) is 0 Å². The van der Waals surface area contributed by atoms with Crippen LogP contribution >= 0.6 is 0 Å². The third-order valence-electron chi connectivity index (χ3n) is 26.1. The second-order valence-corrected chi connectivity index (χ2v) is 40.6. The van der Waals surface area contributed by atoms with E-state index in [1.54, 1.807) is 0 Å². The summed E-state index contributed by atoms with van der Waals surface area (Å²) in [5, 5.41) is 20.8. The molecular weight excluding hydrogens is 1550 g/mol. The fourth-order valence-corrected chi connectivity index (χ4v) is 30.0. The molecule has 0 bridgehead atoms. The molecule has 4 nitrogen and oxygen atoms in total. The number of fused-ring (bicyclic) bond motifs is 12. The Kier molecular flexibility index (Phi) is 18.9. The van der Waals surface area contributed by atoms with Crippen molar-refractivity contribution in [3.63, 3.8) is 0 Å². The van der Waals surface area contributed by atoms with Gasteiger partial charge in [0, 0.05) is 65.8 Å². The Morgan fingerprint density at radius 2 is 0.333 bits per heavy atom. The van der Waals surface area contributed by atoms with E-state index in [0.717, 1.165) is 22.7 Å². The lowest BCUT2D eigenvalue weighted by Gasteiger charge is -2.34. The molecule has 4 aromatic heterocycles. The van der Waals surface area contributed by atoms with Crippen molar-refractivity contribution in [2.75, 3.05) is 0 Å². The lowest BCUT2D eigenvalue weighted by Crippen LogP contribution is -2.74. The van der Waals surface area contributed by atoms with Crippen molar-refractivity contribution in [3.8, 4) is 67.3 Å². The second kappa shape index (κ2) is 31.8. The zero-order valence-electron chi connectivity index (χ0n) is 69.3. The van der Waals surface area contributed by atoms with Gasteiger partial charge in [0.2, 0.25) is 0 Å². The standard InChI is InChI=1S/2C60H42N2Si/c1-6-19-43(20-7-1)45-33-36-54-55-37-34-46(44-21-8-2-9-22-44)40-60(55)62(59(54)39-45)48-35-38-58-56(42-48)53-31-16-17-32-57(53)61(58)47-23-18-30-52(41-47)63(49-24-10-3-11-25-49,50-26-12-4-13-27-50)51-28-14-5-15-29-51;1-6-18-43(19-7-1)45-30-37-54-55-38-31-46(44-20-8-2-9-21-44)41-60(55)62(59(54)40-45)48-34-39-58-56(42-48)53-28-16-17-29-57(53)61(58)47-32-35-52(36-33-47)63(49-22-10-3-11-23-49,50-24-12-4-13-25-50)51-26-14-5-15-27-51/h2*1-42H. The minimum absolute atomic E-state index is 1.14. The van der Waals surface area contributed by atoms with Crippen molar-refractivity contribution < 1.29 is 0 Å². The van der Waals surface area contributed by atoms with Gasteiger partial charge in [-0.05, 0) is 183 Å². The molecule has 0 N–H and O–H groups in total. The third kappa shape index (κ3) is 12.7. The summed E-state index contributed by atoms with van der Waals surface area (Å²) in [6, 6.07) is 188. The van der Waals surface area contributed by atoms with Gasteiger partial charge in [0.15, 0.2) is 16.1 Å². The van der Waals surface area contributed by atoms with E-state index < -0.39 is 16.1 Å². The van der Waals surface area contributed by atoms with Crippen molar-refractivity contribution in [1.82, 2.24) is 18.3 Å². The molecule has 0 atom stereocenters. The Hall–Kier alpha value is -16.0.